The first-order valence-electron chi connectivity index (χ1n) is 3.61. The Morgan fingerprint density at radius 2 is 2.46 bits per heavy atom. The highest BCUT2D eigenvalue weighted by Crippen LogP contribution is 2.02. The van der Waals surface area contributed by atoms with E-state index in [4.69, 9.17) is 0 Å². The van der Waals surface area contributed by atoms with E-state index in [1.54, 1.807) is 6.92 Å². The quantitative estimate of drug-likeness (QED) is 0.523. The molecule has 0 unspecified atom stereocenters. The summed E-state index contributed by atoms with van der Waals surface area (Å²) in [4.78, 5) is 21.7. The molecule has 1 aromatic rings. The van der Waals surface area contributed by atoms with E-state index in [1.807, 2.05) is 0 Å². The summed E-state index contributed by atoms with van der Waals surface area (Å²) < 4.78 is 8.89. The first kappa shape index (κ1) is 9.24. The minimum Gasteiger partial charge on any atom is -0.459 e. The number of rotatable bonds is 2. The average Bonchev–Trinajstić information content (AvgIpc) is 2.57. The minimum atomic E-state index is -0.927. The highest BCUT2D eigenvalue weighted by atomic mass is 16.5. The van der Waals surface area contributed by atoms with Crippen LogP contribution in [-0.4, -0.2) is 23.6 Å². The zero-order chi connectivity index (χ0) is 9.68. The zero-order valence-corrected chi connectivity index (χ0v) is 6.94. The summed E-state index contributed by atoms with van der Waals surface area (Å²) in [5, 5.41) is 5.58. The molecule has 0 spiro atoms. The van der Waals surface area contributed by atoms with E-state index >= 15 is 0 Å². The predicted molar refractivity (Wildman–Crippen MR) is 41.8 cm³/mol. The maximum atomic E-state index is 10.9. The number of ether oxygens (including phenoxy) is 1. The summed E-state index contributed by atoms with van der Waals surface area (Å²) >= 11 is 0. The number of aromatic nitrogens is 1. The summed E-state index contributed by atoms with van der Waals surface area (Å²) in [5.74, 6) is -1.77. The zero-order valence-electron chi connectivity index (χ0n) is 6.94. The van der Waals surface area contributed by atoms with Crippen LogP contribution in [0.5, 0.6) is 0 Å². The number of carbonyl (C=O) groups is 2. The van der Waals surface area contributed by atoms with E-state index in [1.165, 1.54) is 12.5 Å². The predicted octanol–water partition coefficient (Wildman–Crippen LogP) is 0.176. The van der Waals surface area contributed by atoms with E-state index < -0.39 is 11.9 Å². The molecule has 1 rings (SSSR count). The number of hydrogen-bond acceptors (Lipinski definition) is 5. The Labute approximate surface area is 73.8 Å². The van der Waals surface area contributed by atoms with Crippen LogP contribution < -0.4 is 5.32 Å². The SMILES string of the molecule is CCOC(=O)C(=O)Nc1cnoc1. The van der Waals surface area contributed by atoms with Gasteiger partial charge in [-0.05, 0) is 6.92 Å². The second kappa shape index (κ2) is 4.24. The molecule has 0 aromatic carbocycles. The molecule has 1 N–H and O–H groups in total. The van der Waals surface area contributed by atoms with Crippen LogP contribution in [0.2, 0.25) is 0 Å². The topological polar surface area (TPSA) is 81.4 Å². The molecule has 70 valence electrons. The van der Waals surface area contributed by atoms with Crippen LogP contribution in [0, 0.1) is 0 Å². The molecule has 0 bridgehead atoms. The molecule has 6 heteroatoms. The lowest BCUT2D eigenvalue weighted by atomic mass is 10.5. The van der Waals surface area contributed by atoms with Crippen molar-refractivity contribution >= 4 is 17.6 Å². The van der Waals surface area contributed by atoms with Gasteiger partial charge >= 0.3 is 11.9 Å². The van der Waals surface area contributed by atoms with Crippen molar-refractivity contribution in [3.05, 3.63) is 12.5 Å². The molecular formula is C7H8N2O4. The minimum absolute atomic E-state index is 0.163. The number of nitrogens with one attached hydrogen (secondary N) is 1. The third-order valence-electron chi connectivity index (χ3n) is 1.15. The van der Waals surface area contributed by atoms with Crippen molar-refractivity contribution in [3.63, 3.8) is 0 Å². The van der Waals surface area contributed by atoms with Crippen LogP contribution in [0.1, 0.15) is 6.92 Å². The van der Waals surface area contributed by atoms with Gasteiger partial charge in [-0.1, -0.05) is 5.16 Å². The molecule has 0 fully saturated rings. The summed E-state index contributed by atoms with van der Waals surface area (Å²) in [5.41, 5.74) is 0.318. The first-order chi connectivity index (χ1) is 6.24. The van der Waals surface area contributed by atoms with Gasteiger partial charge in [-0.2, -0.15) is 0 Å². The van der Waals surface area contributed by atoms with E-state index in [0.29, 0.717) is 5.69 Å². The third kappa shape index (κ3) is 2.58. The van der Waals surface area contributed by atoms with Crippen LogP contribution in [0.15, 0.2) is 17.0 Å². The van der Waals surface area contributed by atoms with Crippen molar-refractivity contribution in [1.29, 1.82) is 0 Å². The molecule has 0 aliphatic rings. The monoisotopic (exact) mass is 184 g/mol. The van der Waals surface area contributed by atoms with Crippen molar-refractivity contribution in [2.45, 2.75) is 6.92 Å². The van der Waals surface area contributed by atoms with Gasteiger partial charge in [-0.3, -0.25) is 4.79 Å². The van der Waals surface area contributed by atoms with Gasteiger partial charge in [-0.25, -0.2) is 4.79 Å². The summed E-state index contributed by atoms with van der Waals surface area (Å²) in [7, 11) is 0. The standard InChI is InChI=1S/C7H8N2O4/c1-2-12-7(11)6(10)9-5-3-8-13-4-5/h3-4H,2H2,1H3,(H,9,10). The van der Waals surface area contributed by atoms with Crippen LogP contribution in [0.25, 0.3) is 0 Å². The van der Waals surface area contributed by atoms with Crippen LogP contribution in [-0.2, 0) is 14.3 Å². The van der Waals surface area contributed by atoms with E-state index in [9.17, 15) is 9.59 Å². The Morgan fingerprint density at radius 3 is 3.00 bits per heavy atom. The highest BCUT2D eigenvalue weighted by Gasteiger charge is 2.14. The second-order valence-corrected chi connectivity index (χ2v) is 2.09. The normalized spacial score (nSPS) is 9.31. The lowest BCUT2D eigenvalue weighted by Gasteiger charge is -2.00. The molecule has 1 heterocycles. The molecular weight excluding hydrogens is 176 g/mol. The van der Waals surface area contributed by atoms with Crippen molar-refractivity contribution in [3.8, 4) is 0 Å². The van der Waals surface area contributed by atoms with E-state index in [-0.39, 0.29) is 6.61 Å². The Kier molecular flexibility index (Phi) is 3.02. The maximum absolute atomic E-state index is 10.9. The number of esters is 1. The summed E-state index contributed by atoms with van der Waals surface area (Å²) in [6.07, 6.45) is 2.48. The van der Waals surface area contributed by atoms with Gasteiger partial charge in [0, 0.05) is 0 Å². The average molecular weight is 184 g/mol. The lowest BCUT2D eigenvalue weighted by molar-refractivity contribution is -0.152. The molecule has 1 amide bonds. The third-order valence-corrected chi connectivity index (χ3v) is 1.15. The number of carbonyl (C=O) groups excluding carboxylic acids is 2. The molecule has 0 radical (unpaired) electrons. The Balaban J connectivity index is 2.46. The molecule has 0 aliphatic heterocycles. The fraction of sp³-hybridized carbons (Fsp3) is 0.286. The van der Waals surface area contributed by atoms with Crippen molar-refractivity contribution in [2.24, 2.45) is 0 Å². The number of amides is 1. The Hall–Kier alpha value is -1.85. The number of hydrogen-bond donors (Lipinski definition) is 1. The Morgan fingerprint density at radius 1 is 1.69 bits per heavy atom. The van der Waals surface area contributed by atoms with Gasteiger partial charge in [0.1, 0.15) is 12.0 Å². The van der Waals surface area contributed by atoms with Crippen molar-refractivity contribution in [1.82, 2.24) is 5.16 Å². The van der Waals surface area contributed by atoms with Crippen LogP contribution in [0.3, 0.4) is 0 Å². The number of anilines is 1. The fourth-order valence-electron chi connectivity index (χ4n) is 0.645. The molecule has 0 saturated heterocycles. The van der Waals surface area contributed by atoms with Gasteiger partial charge in [0.15, 0.2) is 0 Å². The highest BCUT2D eigenvalue weighted by molar-refractivity contribution is 6.37. The van der Waals surface area contributed by atoms with Gasteiger partial charge in [0.05, 0.1) is 12.8 Å². The molecule has 6 nitrogen and oxygen atoms in total. The van der Waals surface area contributed by atoms with Crippen molar-refractivity contribution < 1.29 is 18.8 Å². The lowest BCUT2D eigenvalue weighted by Crippen LogP contribution is -2.24. The summed E-state index contributed by atoms with van der Waals surface area (Å²) in [6.45, 7) is 1.78. The molecule has 13 heavy (non-hydrogen) atoms. The molecule has 0 saturated carbocycles. The van der Waals surface area contributed by atoms with Gasteiger partial charge in [0.2, 0.25) is 0 Å². The molecule has 1 aromatic heterocycles. The smallest absolute Gasteiger partial charge is 0.397 e. The van der Waals surface area contributed by atoms with Crippen LogP contribution in [0.4, 0.5) is 5.69 Å². The maximum Gasteiger partial charge on any atom is 0.397 e. The van der Waals surface area contributed by atoms with Crippen molar-refractivity contribution in [2.75, 3.05) is 11.9 Å². The van der Waals surface area contributed by atoms with Gasteiger partial charge < -0.3 is 14.6 Å². The number of nitrogens with zero attached hydrogens (tertiary/aromatic N) is 1. The molecule has 0 aliphatic carbocycles. The van der Waals surface area contributed by atoms with Crippen LogP contribution >= 0.6 is 0 Å². The Bertz CT molecular complexity index is 293. The summed E-state index contributed by atoms with van der Waals surface area (Å²) in [6, 6.07) is 0. The molecule has 0 atom stereocenters. The fourth-order valence-corrected chi connectivity index (χ4v) is 0.645. The van der Waals surface area contributed by atoms with Gasteiger partial charge in [0.25, 0.3) is 0 Å². The van der Waals surface area contributed by atoms with E-state index in [2.05, 4.69) is 19.7 Å². The largest absolute Gasteiger partial charge is 0.459 e. The van der Waals surface area contributed by atoms with E-state index in [0.717, 1.165) is 0 Å². The van der Waals surface area contributed by atoms with Gasteiger partial charge in [-0.15, -0.1) is 0 Å². The second-order valence-electron chi connectivity index (χ2n) is 2.09. The first-order valence-corrected chi connectivity index (χ1v) is 3.61.